The van der Waals surface area contributed by atoms with Gasteiger partial charge in [0.2, 0.25) is 0 Å². The van der Waals surface area contributed by atoms with Crippen molar-refractivity contribution in [3.63, 3.8) is 0 Å². The largest absolute Gasteiger partial charge is 0.398 e. The molecule has 0 amide bonds. The molecule has 100 valence electrons. The first kappa shape index (κ1) is 13.4. The standard InChI is InChI=1S/C14H16N2O2S/c1-10-6-8-12(9-7-10)19(17,18)16-14-5-3-4-13(15)11(14)2/h3-9,16H,15H2,1-2H3. The Morgan fingerprint density at radius 3 is 2.26 bits per heavy atom. The molecule has 0 fully saturated rings. The molecule has 2 aromatic rings. The lowest BCUT2D eigenvalue weighted by Gasteiger charge is -2.12. The highest BCUT2D eigenvalue weighted by Crippen LogP contribution is 2.23. The molecule has 0 unspecified atom stereocenters. The summed E-state index contributed by atoms with van der Waals surface area (Å²) in [5, 5.41) is 0. The van der Waals surface area contributed by atoms with E-state index in [4.69, 9.17) is 5.73 Å². The number of anilines is 2. The molecule has 0 aromatic heterocycles. The topological polar surface area (TPSA) is 72.2 Å². The molecule has 0 aliphatic carbocycles. The van der Waals surface area contributed by atoms with Crippen LogP contribution < -0.4 is 10.5 Å². The number of sulfonamides is 1. The van der Waals surface area contributed by atoms with Gasteiger partial charge in [0, 0.05) is 5.69 Å². The van der Waals surface area contributed by atoms with E-state index in [0.29, 0.717) is 11.4 Å². The minimum Gasteiger partial charge on any atom is -0.398 e. The summed E-state index contributed by atoms with van der Waals surface area (Å²) in [6.07, 6.45) is 0. The number of nitrogen functional groups attached to an aromatic ring is 1. The van der Waals surface area contributed by atoms with E-state index in [1.807, 2.05) is 6.92 Å². The summed E-state index contributed by atoms with van der Waals surface area (Å²) >= 11 is 0. The van der Waals surface area contributed by atoms with Crippen LogP contribution in [0.5, 0.6) is 0 Å². The van der Waals surface area contributed by atoms with Gasteiger partial charge in [-0.1, -0.05) is 23.8 Å². The maximum absolute atomic E-state index is 12.2. The van der Waals surface area contributed by atoms with Crippen molar-refractivity contribution in [3.8, 4) is 0 Å². The highest BCUT2D eigenvalue weighted by molar-refractivity contribution is 7.92. The number of nitrogens with two attached hydrogens (primary N) is 1. The third-order valence-corrected chi connectivity index (χ3v) is 4.33. The lowest BCUT2D eigenvalue weighted by atomic mass is 10.2. The van der Waals surface area contributed by atoms with Crippen LogP contribution in [0.3, 0.4) is 0 Å². The average Bonchev–Trinajstić information content (AvgIpc) is 2.35. The van der Waals surface area contributed by atoms with Crippen molar-refractivity contribution in [1.29, 1.82) is 0 Å². The van der Waals surface area contributed by atoms with Crippen LogP contribution in [0.25, 0.3) is 0 Å². The van der Waals surface area contributed by atoms with E-state index in [1.165, 1.54) is 0 Å². The number of rotatable bonds is 3. The van der Waals surface area contributed by atoms with Crippen LogP contribution in [0, 0.1) is 13.8 Å². The Labute approximate surface area is 113 Å². The first-order chi connectivity index (χ1) is 8.90. The van der Waals surface area contributed by atoms with Crippen molar-refractivity contribution in [1.82, 2.24) is 0 Å². The van der Waals surface area contributed by atoms with Gasteiger partial charge in [0.15, 0.2) is 0 Å². The molecule has 0 heterocycles. The molecule has 2 aromatic carbocycles. The fraction of sp³-hybridized carbons (Fsp3) is 0.143. The molecule has 2 rings (SSSR count). The Bertz CT molecular complexity index is 692. The predicted molar refractivity (Wildman–Crippen MR) is 77.6 cm³/mol. The molecule has 0 saturated carbocycles. The fourth-order valence-corrected chi connectivity index (χ4v) is 2.81. The minimum atomic E-state index is -3.57. The second kappa shape index (κ2) is 4.93. The summed E-state index contributed by atoms with van der Waals surface area (Å²) in [5.74, 6) is 0. The SMILES string of the molecule is Cc1ccc(S(=O)(=O)Nc2cccc(N)c2C)cc1. The Morgan fingerprint density at radius 1 is 1.00 bits per heavy atom. The molecule has 0 saturated heterocycles. The molecule has 3 N–H and O–H groups in total. The highest BCUT2D eigenvalue weighted by Gasteiger charge is 2.15. The van der Waals surface area contributed by atoms with Crippen molar-refractivity contribution in [2.75, 3.05) is 10.5 Å². The van der Waals surface area contributed by atoms with E-state index in [2.05, 4.69) is 4.72 Å². The van der Waals surface area contributed by atoms with E-state index in [9.17, 15) is 8.42 Å². The monoisotopic (exact) mass is 276 g/mol. The Kier molecular flexibility index (Phi) is 3.48. The minimum absolute atomic E-state index is 0.236. The summed E-state index contributed by atoms with van der Waals surface area (Å²) in [6.45, 7) is 3.69. The Balaban J connectivity index is 2.36. The van der Waals surface area contributed by atoms with Gasteiger partial charge in [-0.25, -0.2) is 8.42 Å². The predicted octanol–water partition coefficient (Wildman–Crippen LogP) is 2.69. The first-order valence-corrected chi connectivity index (χ1v) is 7.33. The van der Waals surface area contributed by atoms with Gasteiger partial charge in [-0.2, -0.15) is 0 Å². The molecule has 0 aliphatic rings. The third kappa shape index (κ3) is 2.88. The third-order valence-electron chi connectivity index (χ3n) is 2.95. The van der Waals surface area contributed by atoms with Crippen LogP contribution >= 0.6 is 0 Å². The van der Waals surface area contributed by atoms with Crippen LogP contribution in [-0.4, -0.2) is 8.42 Å². The lowest BCUT2D eigenvalue weighted by Crippen LogP contribution is -2.14. The molecule has 5 heteroatoms. The van der Waals surface area contributed by atoms with Crippen LogP contribution in [0.4, 0.5) is 11.4 Å². The van der Waals surface area contributed by atoms with Gasteiger partial charge in [0.05, 0.1) is 10.6 Å². The zero-order valence-corrected chi connectivity index (χ0v) is 11.7. The second-order valence-corrected chi connectivity index (χ2v) is 6.12. The zero-order chi connectivity index (χ0) is 14.0. The van der Waals surface area contributed by atoms with Crippen LogP contribution in [0.1, 0.15) is 11.1 Å². The first-order valence-electron chi connectivity index (χ1n) is 5.85. The quantitative estimate of drug-likeness (QED) is 0.847. The van der Waals surface area contributed by atoms with Crippen molar-refractivity contribution >= 4 is 21.4 Å². The average molecular weight is 276 g/mol. The van der Waals surface area contributed by atoms with Crippen LogP contribution in [-0.2, 0) is 10.0 Å². The Morgan fingerprint density at radius 2 is 1.63 bits per heavy atom. The van der Waals surface area contributed by atoms with Gasteiger partial charge in [-0.05, 0) is 43.7 Å². The molecular formula is C14H16N2O2S. The number of aryl methyl sites for hydroxylation is 1. The number of hydrogen-bond acceptors (Lipinski definition) is 3. The zero-order valence-electron chi connectivity index (χ0n) is 10.8. The molecule has 0 radical (unpaired) electrons. The van der Waals surface area contributed by atoms with Crippen molar-refractivity contribution in [2.45, 2.75) is 18.7 Å². The summed E-state index contributed by atoms with van der Waals surface area (Å²) in [4.78, 5) is 0.236. The molecule has 0 atom stereocenters. The summed E-state index contributed by atoms with van der Waals surface area (Å²) in [6, 6.07) is 11.8. The molecular weight excluding hydrogens is 260 g/mol. The van der Waals surface area contributed by atoms with Gasteiger partial charge < -0.3 is 5.73 Å². The summed E-state index contributed by atoms with van der Waals surface area (Å²) in [7, 11) is -3.57. The van der Waals surface area contributed by atoms with Gasteiger partial charge in [-0.15, -0.1) is 0 Å². The fourth-order valence-electron chi connectivity index (χ4n) is 1.69. The molecule has 19 heavy (non-hydrogen) atoms. The maximum Gasteiger partial charge on any atom is 0.261 e. The lowest BCUT2D eigenvalue weighted by molar-refractivity contribution is 0.601. The maximum atomic E-state index is 12.2. The second-order valence-electron chi connectivity index (χ2n) is 4.44. The van der Waals surface area contributed by atoms with Crippen molar-refractivity contribution in [3.05, 3.63) is 53.6 Å². The molecule has 0 bridgehead atoms. The number of benzene rings is 2. The van der Waals surface area contributed by atoms with Crippen molar-refractivity contribution < 1.29 is 8.42 Å². The summed E-state index contributed by atoms with van der Waals surface area (Å²) in [5.41, 5.74) is 8.56. The van der Waals surface area contributed by atoms with Gasteiger partial charge >= 0.3 is 0 Å². The number of nitrogens with one attached hydrogen (secondary N) is 1. The van der Waals surface area contributed by atoms with Crippen LogP contribution in [0.2, 0.25) is 0 Å². The van der Waals surface area contributed by atoms with E-state index in [0.717, 1.165) is 11.1 Å². The normalized spacial score (nSPS) is 11.3. The van der Waals surface area contributed by atoms with Gasteiger partial charge in [0.25, 0.3) is 10.0 Å². The van der Waals surface area contributed by atoms with E-state index >= 15 is 0 Å². The highest BCUT2D eigenvalue weighted by atomic mass is 32.2. The molecule has 4 nitrogen and oxygen atoms in total. The van der Waals surface area contributed by atoms with E-state index in [-0.39, 0.29) is 4.90 Å². The molecule has 0 spiro atoms. The smallest absolute Gasteiger partial charge is 0.261 e. The van der Waals surface area contributed by atoms with E-state index in [1.54, 1.807) is 49.4 Å². The Hall–Kier alpha value is -2.01. The number of hydrogen-bond donors (Lipinski definition) is 2. The van der Waals surface area contributed by atoms with Crippen molar-refractivity contribution in [2.24, 2.45) is 0 Å². The molecule has 0 aliphatic heterocycles. The van der Waals surface area contributed by atoms with Gasteiger partial charge in [-0.3, -0.25) is 4.72 Å². The summed E-state index contributed by atoms with van der Waals surface area (Å²) < 4.78 is 27.0. The van der Waals surface area contributed by atoms with Crippen LogP contribution in [0.15, 0.2) is 47.4 Å². The van der Waals surface area contributed by atoms with E-state index < -0.39 is 10.0 Å². The van der Waals surface area contributed by atoms with Gasteiger partial charge in [0.1, 0.15) is 0 Å².